The number of allylic oxidation sites excluding steroid dienone is 1. The fourth-order valence-corrected chi connectivity index (χ4v) is 8.13. The van der Waals surface area contributed by atoms with Gasteiger partial charge in [-0.2, -0.15) is 0 Å². The van der Waals surface area contributed by atoms with Crippen LogP contribution >= 0.6 is 24.8 Å². The minimum atomic E-state index is -0.0867. The molecule has 0 heterocycles. The van der Waals surface area contributed by atoms with E-state index in [1.54, 1.807) is 5.57 Å². The monoisotopic (exact) mass is 460 g/mol. The lowest BCUT2D eigenvalue weighted by Gasteiger charge is -2.58. The maximum Gasteiger partial charge on any atom is 0.0577 e. The van der Waals surface area contributed by atoms with Crippen molar-refractivity contribution in [2.75, 3.05) is 34.2 Å². The van der Waals surface area contributed by atoms with Gasteiger partial charge in [0.25, 0.3) is 0 Å². The van der Waals surface area contributed by atoms with Crippen molar-refractivity contribution in [3.63, 3.8) is 0 Å². The molecule has 0 saturated heterocycles. The van der Waals surface area contributed by atoms with E-state index in [2.05, 4.69) is 50.9 Å². The topological polar surface area (TPSA) is 26.7 Å². The predicted molar refractivity (Wildman–Crippen MR) is 132 cm³/mol. The van der Waals surface area contributed by atoms with Crippen molar-refractivity contribution in [1.82, 2.24) is 9.80 Å². The molecule has 4 aliphatic carbocycles. The van der Waals surface area contributed by atoms with Crippen molar-refractivity contribution in [3.8, 4) is 0 Å². The SMILES string of the molecule is CN(C)CCCN(C)[C@H]1CC[C@H]2C3CC=C4C[C@@H](O)CCC4(C)[C@H]3CCC12C.Cl.Cl. The Morgan fingerprint density at radius 1 is 0.967 bits per heavy atom. The van der Waals surface area contributed by atoms with E-state index < -0.39 is 0 Å². The van der Waals surface area contributed by atoms with Crippen LogP contribution in [0.2, 0.25) is 0 Å². The van der Waals surface area contributed by atoms with Gasteiger partial charge in [-0.05, 0) is 121 Å². The van der Waals surface area contributed by atoms with Gasteiger partial charge in [-0.15, -0.1) is 24.8 Å². The first-order valence-electron chi connectivity index (χ1n) is 12.0. The van der Waals surface area contributed by atoms with Crippen LogP contribution in [0.5, 0.6) is 0 Å². The third-order valence-electron chi connectivity index (χ3n) is 9.68. The fourth-order valence-electron chi connectivity index (χ4n) is 8.13. The van der Waals surface area contributed by atoms with E-state index in [0.717, 1.165) is 36.6 Å². The highest BCUT2D eigenvalue weighted by Crippen LogP contribution is 2.65. The molecular weight excluding hydrogens is 415 g/mol. The van der Waals surface area contributed by atoms with Gasteiger partial charge in [0, 0.05) is 6.04 Å². The highest BCUT2D eigenvalue weighted by Gasteiger charge is 2.59. The van der Waals surface area contributed by atoms with Crippen LogP contribution < -0.4 is 0 Å². The molecule has 0 amide bonds. The number of nitrogens with zero attached hydrogens (tertiary/aromatic N) is 2. The van der Waals surface area contributed by atoms with E-state index in [9.17, 15) is 5.11 Å². The molecule has 176 valence electrons. The quantitative estimate of drug-likeness (QED) is 0.555. The van der Waals surface area contributed by atoms with Gasteiger partial charge in [0.1, 0.15) is 0 Å². The minimum Gasteiger partial charge on any atom is -0.393 e. The molecule has 1 N–H and O–H groups in total. The van der Waals surface area contributed by atoms with Crippen LogP contribution in [0.15, 0.2) is 11.6 Å². The van der Waals surface area contributed by atoms with Crippen molar-refractivity contribution in [2.45, 2.75) is 83.8 Å². The second kappa shape index (κ2) is 10.00. The van der Waals surface area contributed by atoms with Crippen molar-refractivity contribution in [2.24, 2.45) is 28.6 Å². The molecule has 0 bridgehead atoms. The summed E-state index contributed by atoms with van der Waals surface area (Å²) in [5, 5.41) is 10.2. The lowest BCUT2D eigenvalue weighted by Crippen LogP contribution is -2.53. The van der Waals surface area contributed by atoms with Gasteiger partial charge in [-0.1, -0.05) is 25.5 Å². The van der Waals surface area contributed by atoms with Crippen molar-refractivity contribution >= 4 is 24.8 Å². The van der Waals surface area contributed by atoms with E-state index >= 15 is 0 Å². The molecular formula is C25H46Cl2N2O. The number of aliphatic hydroxyl groups excluding tert-OH is 1. The third-order valence-corrected chi connectivity index (χ3v) is 9.68. The average molecular weight is 462 g/mol. The van der Waals surface area contributed by atoms with Crippen molar-refractivity contribution in [1.29, 1.82) is 0 Å². The van der Waals surface area contributed by atoms with Gasteiger partial charge in [0.2, 0.25) is 0 Å². The fraction of sp³-hybridized carbons (Fsp3) is 0.920. The van der Waals surface area contributed by atoms with Crippen LogP contribution in [0.3, 0.4) is 0 Å². The van der Waals surface area contributed by atoms with Crippen LogP contribution in [-0.2, 0) is 0 Å². The highest BCUT2D eigenvalue weighted by atomic mass is 35.5. The Morgan fingerprint density at radius 2 is 1.70 bits per heavy atom. The van der Waals surface area contributed by atoms with Crippen LogP contribution in [-0.4, -0.2) is 61.3 Å². The normalized spacial score (nSPS) is 42.5. The molecule has 3 nitrogen and oxygen atoms in total. The largest absolute Gasteiger partial charge is 0.393 e. The zero-order valence-corrected chi connectivity index (χ0v) is 21.5. The second-order valence-electron chi connectivity index (χ2n) is 11.4. The molecule has 5 heteroatoms. The molecule has 0 aromatic carbocycles. The molecule has 3 saturated carbocycles. The second-order valence-corrected chi connectivity index (χ2v) is 11.4. The van der Waals surface area contributed by atoms with Gasteiger partial charge in [0.15, 0.2) is 0 Å². The van der Waals surface area contributed by atoms with Crippen molar-refractivity contribution in [3.05, 3.63) is 11.6 Å². The average Bonchev–Trinajstić information content (AvgIpc) is 2.99. The molecule has 0 aromatic rings. The first kappa shape index (κ1) is 26.5. The smallest absolute Gasteiger partial charge is 0.0577 e. The molecule has 0 aliphatic heterocycles. The summed E-state index contributed by atoms with van der Waals surface area (Å²) in [6, 6.07) is 0.770. The Balaban J connectivity index is 0.00000160. The Kier molecular flexibility index (Phi) is 8.81. The van der Waals surface area contributed by atoms with E-state index in [1.165, 1.54) is 58.0 Å². The maximum atomic E-state index is 10.2. The summed E-state index contributed by atoms with van der Waals surface area (Å²) in [6.45, 7) is 7.61. The number of aliphatic hydroxyl groups is 1. The lowest BCUT2D eigenvalue weighted by atomic mass is 9.48. The zero-order valence-electron chi connectivity index (χ0n) is 19.9. The molecule has 3 fully saturated rings. The predicted octanol–water partition coefficient (Wildman–Crippen LogP) is 5.41. The number of halogens is 2. The Bertz CT molecular complexity index is 612. The van der Waals surface area contributed by atoms with Gasteiger partial charge >= 0.3 is 0 Å². The maximum absolute atomic E-state index is 10.2. The van der Waals surface area contributed by atoms with E-state index in [1.807, 2.05) is 0 Å². The zero-order chi connectivity index (χ0) is 20.1. The summed E-state index contributed by atoms with van der Waals surface area (Å²) in [6.07, 6.45) is 13.8. The summed E-state index contributed by atoms with van der Waals surface area (Å²) in [5.41, 5.74) is 2.48. The standard InChI is InChI=1S/C25H44N2O.2ClH/c1-24-13-11-19(28)17-18(24)7-8-20-21-9-10-23(25(21,2)14-12-22(20)24)27(5)16-6-15-26(3)4;;/h7,19-23,28H,6,8-17H2,1-5H3;2*1H/t19-,20?,21-,22-,23-,24?,25?;;/m0../s1. The Labute approximate surface area is 197 Å². The van der Waals surface area contributed by atoms with Gasteiger partial charge in [-0.25, -0.2) is 0 Å². The van der Waals surface area contributed by atoms with E-state index in [0.29, 0.717) is 10.8 Å². The summed E-state index contributed by atoms with van der Waals surface area (Å²) < 4.78 is 0. The Morgan fingerprint density at radius 3 is 2.40 bits per heavy atom. The summed E-state index contributed by atoms with van der Waals surface area (Å²) >= 11 is 0. The molecule has 0 spiro atoms. The summed E-state index contributed by atoms with van der Waals surface area (Å²) in [4.78, 5) is 5.03. The van der Waals surface area contributed by atoms with Crippen LogP contribution in [0.25, 0.3) is 0 Å². The minimum absolute atomic E-state index is 0. The van der Waals surface area contributed by atoms with Crippen LogP contribution in [0.1, 0.15) is 71.6 Å². The van der Waals surface area contributed by atoms with Crippen LogP contribution in [0, 0.1) is 28.6 Å². The van der Waals surface area contributed by atoms with E-state index in [-0.39, 0.29) is 30.9 Å². The van der Waals surface area contributed by atoms with Gasteiger partial charge in [-0.3, -0.25) is 0 Å². The molecule has 30 heavy (non-hydrogen) atoms. The molecule has 4 rings (SSSR count). The van der Waals surface area contributed by atoms with Gasteiger partial charge < -0.3 is 14.9 Å². The van der Waals surface area contributed by atoms with E-state index in [4.69, 9.17) is 0 Å². The number of rotatable bonds is 5. The highest BCUT2D eigenvalue weighted by molar-refractivity contribution is 5.85. The first-order valence-corrected chi connectivity index (χ1v) is 12.0. The molecule has 0 radical (unpaired) electrons. The van der Waals surface area contributed by atoms with Gasteiger partial charge in [0.05, 0.1) is 6.10 Å². The molecule has 3 unspecified atom stereocenters. The third kappa shape index (κ3) is 4.49. The summed E-state index contributed by atoms with van der Waals surface area (Å²) in [5.74, 6) is 2.63. The number of hydrogen-bond acceptors (Lipinski definition) is 3. The Hall–Kier alpha value is 0.200. The molecule has 4 aliphatic rings. The number of fused-ring (bicyclic) bond motifs is 5. The van der Waals surface area contributed by atoms with Crippen LogP contribution in [0.4, 0.5) is 0 Å². The lowest BCUT2D eigenvalue weighted by molar-refractivity contribution is -0.0565. The number of hydrogen-bond donors (Lipinski definition) is 1. The summed E-state index contributed by atoms with van der Waals surface area (Å²) in [7, 11) is 6.76. The first-order chi connectivity index (χ1) is 13.3. The molecule has 7 atom stereocenters. The van der Waals surface area contributed by atoms with Crippen molar-refractivity contribution < 1.29 is 5.11 Å². The molecule has 0 aromatic heterocycles.